The SMILES string of the molecule is O=S(=O)(c1ccc(F)cc1)c1cnc2c(F)cccc2c1N1CCCCC1CCN1CCOCC1. The van der Waals surface area contributed by atoms with Gasteiger partial charge < -0.3 is 9.64 Å². The molecule has 2 aliphatic rings. The van der Waals surface area contributed by atoms with E-state index in [2.05, 4.69) is 14.8 Å². The third-order valence-corrected chi connectivity index (χ3v) is 8.77. The average Bonchev–Trinajstić information content (AvgIpc) is 2.88. The first-order valence-electron chi connectivity index (χ1n) is 12.1. The van der Waals surface area contributed by atoms with Crippen LogP contribution in [-0.4, -0.2) is 63.7 Å². The van der Waals surface area contributed by atoms with E-state index < -0.39 is 21.5 Å². The van der Waals surface area contributed by atoms with Gasteiger partial charge in [0.25, 0.3) is 0 Å². The van der Waals surface area contributed by atoms with E-state index in [4.69, 9.17) is 4.74 Å². The van der Waals surface area contributed by atoms with Gasteiger partial charge in [-0.3, -0.25) is 9.88 Å². The van der Waals surface area contributed by atoms with E-state index in [0.717, 1.165) is 70.7 Å². The minimum absolute atomic E-state index is 0.0143. The van der Waals surface area contributed by atoms with Crippen molar-refractivity contribution in [2.75, 3.05) is 44.3 Å². The molecule has 2 aromatic carbocycles. The summed E-state index contributed by atoms with van der Waals surface area (Å²) in [5.74, 6) is -1.00. The average molecular weight is 502 g/mol. The van der Waals surface area contributed by atoms with Crippen molar-refractivity contribution in [1.29, 1.82) is 0 Å². The number of fused-ring (bicyclic) bond motifs is 1. The van der Waals surface area contributed by atoms with Crippen molar-refractivity contribution < 1.29 is 21.9 Å². The van der Waals surface area contributed by atoms with Crippen LogP contribution in [0, 0.1) is 11.6 Å². The fourth-order valence-corrected chi connectivity index (χ4v) is 6.56. The molecule has 6 nitrogen and oxygen atoms in total. The smallest absolute Gasteiger partial charge is 0.210 e. The van der Waals surface area contributed by atoms with Crippen molar-refractivity contribution >= 4 is 26.4 Å². The van der Waals surface area contributed by atoms with Gasteiger partial charge in [0.15, 0.2) is 0 Å². The van der Waals surface area contributed by atoms with E-state index in [1.54, 1.807) is 12.1 Å². The highest BCUT2D eigenvalue weighted by Crippen LogP contribution is 2.39. The van der Waals surface area contributed by atoms with E-state index in [-0.39, 0.29) is 21.3 Å². The number of piperidine rings is 1. The van der Waals surface area contributed by atoms with Crippen molar-refractivity contribution in [3.05, 3.63) is 60.3 Å². The molecule has 0 amide bonds. The maximum Gasteiger partial charge on any atom is 0.210 e. The zero-order valence-corrected chi connectivity index (χ0v) is 20.3. The van der Waals surface area contributed by atoms with Crippen LogP contribution in [0.1, 0.15) is 25.7 Å². The molecular formula is C26H29F2N3O3S. The number of benzene rings is 2. The Morgan fingerprint density at radius 2 is 1.77 bits per heavy atom. The fraction of sp³-hybridized carbons (Fsp3) is 0.423. The molecule has 2 fully saturated rings. The van der Waals surface area contributed by atoms with E-state index in [0.29, 0.717) is 17.6 Å². The van der Waals surface area contributed by atoms with E-state index in [1.807, 2.05) is 0 Å². The molecule has 9 heteroatoms. The molecule has 186 valence electrons. The number of halogens is 2. The Morgan fingerprint density at radius 1 is 1.00 bits per heavy atom. The van der Waals surface area contributed by atoms with Gasteiger partial charge in [0.1, 0.15) is 22.0 Å². The molecule has 0 saturated carbocycles. The summed E-state index contributed by atoms with van der Waals surface area (Å²) in [6.07, 6.45) is 5.03. The lowest BCUT2D eigenvalue weighted by Gasteiger charge is -2.40. The molecule has 0 radical (unpaired) electrons. The summed E-state index contributed by atoms with van der Waals surface area (Å²) in [4.78, 5) is 8.74. The lowest BCUT2D eigenvalue weighted by molar-refractivity contribution is 0.0362. The van der Waals surface area contributed by atoms with Crippen LogP contribution in [0.15, 0.2) is 58.5 Å². The fourth-order valence-electron chi connectivity index (χ4n) is 5.14. The Bertz CT molecular complexity index is 1300. The summed E-state index contributed by atoms with van der Waals surface area (Å²) < 4.78 is 61.2. The van der Waals surface area contributed by atoms with Crippen molar-refractivity contribution in [1.82, 2.24) is 9.88 Å². The van der Waals surface area contributed by atoms with Crippen LogP contribution in [0.2, 0.25) is 0 Å². The lowest BCUT2D eigenvalue weighted by Crippen LogP contribution is -2.44. The Balaban J connectivity index is 1.60. The van der Waals surface area contributed by atoms with E-state index in [1.165, 1.54) is 24.4 Å². The van der Waals surface area contributed by atoms with Gasteiger partial charge in [-0.05, 0) is 56.0 Å². The monoisotopic (exact) mass is 501 g/mol. The minimum atomic E-state index is -4.02. The number of morpholine rings is 1. The Morgan fingerprint density at radius 3 is 2.54 bits per heavy atom. The van der Waals surface area contributed by atoms with Crippen LogP contribution in [-0.2, 0) is 14.6 Å². The quantitative estimate of drug-likeness (QED) is 0.466. The number of rotatable bonds is 6. The van der Waals surface area contributed by atoms with Gasteiger partial charge >= 0.3 is 0 Å². The first-order chi connectivity index (χ1) is 16.9. The summed E-state index contributed by atoms with van der Waals surface area (Å²) in [6.45, 7) is 4.79. The molecule has 0 bridgehead atoms. The predicted octanol–water partition coefficient (Wildman–Crippen LogP) is 4.43. The van der Waals surface area contributed by atoms with Gasteiger partial charge in [-0.2, -0.15) is 0 Å². The highest BCUT2D eigenvalue weighted by Gasteiger charge is 2.32. The summed E-state index contributed by atoms with van der Waals surface area (Å²) in [7, 11) is -4.02. The predicted molar refractivity (Wildman–Crippen MR) is 130 cm³/mol. The number of sulfone groups is 1. The summed E-state index contributed by atoms with van der Waals surface area (Å²) in [5, 5.41) is 0.478. The first kappa shape index (κ1) is 24.1. The normalized spacial score (nSPS) is 19.8. The lowest BCUT2D eigenvalue weighted by atomic mass is 9.97. The van der Waals surface area contributed by atoms with Crippen LogP contribution < -0.4 is 4.90 Å². The third-order valence-electron chi connectivity index (χ3n) is 7.00. The van der Waals surface area contributed by atoms with Gasteiger partial charge in [-0.1, -0.05) is 12.1 Å². The van der Waals surface area contributed by atoms with Crippen LogP contribution in [0.3, 0.4) is 0 Å². The van der Waals surface area contributed by atoms with Crippen LogP contribution >= 0.6 is 0 Å². The van der Waals surface area contributed by atoms with Gasteiger partial charge in [0.2, 0.25) is 9.84 Å². The Kier molecular flexibility index (Phi) is 7.00. The van der Waals surface area contributed by atoms with Crippen molar-refractivity contribution in [3.8, 4) is 0 Å². The molecule has 3 heterocycles. The molecule has 2 saturated heterocycles. The topological polar surface area (TPSA) is 62.7 Å². The summed E-state index contributed by atoms with van der Waals surface area (Å²) >= 11 is 0. The van der Waals surface area contributed by atoms with Crippen LogP contribution in [0.5, 0.6) is 0 Å². The third kappa shape index (κ3) is 4.90. The molecular weight excluding hydrogens is 472 g/mol. The standard InChI is InChI=1S/C26H29F2N3O3S/c27-19-7-9-21(10-8-19)35(32,33)24-18-29-25-22(5-3-6-23(25)28)26(24)31-12-2-1-4-20(31)11-13-30-14-16-34-17-15-30/h3,5-10,18,20H,1-2,4,11-17H2. The molecule has 5 rings (SSSR count). The number of nitrogens with zero attached hydrogens (tertiary/aromatic N) is 3. The van der Waals surface area contributed by atoms with E-state index >= 15 is 0 Å². The molecule has 1 unspecified atom stereocenters. The number of hydrogen-bond acceptors (Lipinski definition) is 6. The molecule has 0 N–H and O–H groups in total. The van der Waals surface area contributed by atoms with Gasteiger partial charge in [-0.15, -0.1) is 0 Å². The zero-order valence-electron chi connectivity index (χ0n) is 19.5. The number of anilines is 1. The largest absolute Gasteiger partial charge is 0.379 e. The highest BCUT2D eigenvalue weighted by atomic mass is 32.2. The number of ether oxygens (including phenoxy) is 1. The number of aromatic nitrogens is 1. The maximum atomic E-state index is 14.7. The molecule has 0 aliphatic carbocycles. The number of hydrogen-bond donors (Lipinski definition) is 0. The molecule has 3 aromatic rings. The second-order valence-corrected chi connectivity index (χ2v) is 11.1. The number of para-hydroxylation sites is 1. The van der Waals surface area contributed by atoms with Gasteiger partial charge in [0.05, 0.1) is 23.8 Å². The van der Waals surface area contributed by atoms with Gasteiger partial charge in [0, 0.05) is 43.8 Å². The Hall–Kier alpha value is -2.62. The molecule has 2 aliphatic heterocycles. The second-order valence-electron chi connectivity index (χ2n) is 9.15. The van der Waals surface area contributed by atoms with Crippen molar-refractivity contribution in [2.45, 2.75) is 41.5 Å². The Labute approximate surface area is 204 Å². The highest BCUT2D eigenvalue weighted by molar-refractivity contribution is 7.91. The molecule has 1 atom stereocenters. The van der Waals surface area contributed by atoms with Crippen LogP contribution in [0.25, 0.3) is 10.9 Å². The van der Waals surface area contributed by atoms with Crippen molar-refractivity contribution in [2.24, 2.45) is 0 Å². The number of pyridine rings is 1. The maximum absolute atomic E-state index is 14.7. The van der Waals surface area contributed by atoms with Crippen LogP contribution in [0.4, 0.5) is 14.5 Å². The van der Waals surface area contributed by atoms with Gasteiger partial charge in [-0.25, -0.2) is 17.2 Å². The van der Waals surface area contributed by atoms with E-state index in [9.17, 15) is 17.2 Å². The minimum Gasteiger partial charge on any atom is -0.379 e. The summed E-state index contributed by atoms with van der Waals surface area (Å²) in [5.41, 5.74) is 0.642. The first-order valence-corrected chi connectivity index (χ1v) is 13.6. The van der Waals surface area contributed by atoms with Crippen molar-refractivity contribution in [3.63, 3.8) is 0 Å². The second kappa shape index (κ2) is 10.2. The summed E-state index contributed by atoms with van der Waals surface area (Å²) in [6, 6.07) is 9.55. The molecule has 1 aromatic heterocycles. The zero-order chi connectivity index (χ0) is 24.4. The molecule has 35 heavy (non-hydrogen) atoms. The molecule has 0 spiro atoms.